The standard InChI is InChI=1S/C23H30N2O3S2/c26-14-16(27)8-4-2-1-3-5-10-18(28)20-21(15-12-13-15)30-23(25-20)22-24-17-9-6-7-11-19(17)29-22/h15,26H,1-14H2. The molecule has 0 spiro atoms. The first-order chi connectivity index (χ1) is 14.7. The van der Waals surface area contributed by atoms with Crippen molar-refractivity contribution in [1.82, 2.24) is 9.97 Å². The van der Waals surface area contributed by atoms with Gasteiger partial charge in [-0.15, -0.1) is 22.7 Å². The Labute approximate surface area is 186 Å². The summed E-state index contributed by atoms with van der Waals surface area (Å²) >= 11 is 3.47. The van der Waals surface area contributed by atoms with Crippen LogP contribution in [0.3, 0.4) is 0 Å². The highest BCUT2D eigenvalue weighted by Gasteiger charge is 2.32. The van der Waals surface area contributed by atoms with Gasteiger partial charge in [-0.05, 0) is 57.3 Å². The molecule has 30 heavy (non-hydrogen) atoms. The topological polar surface area (TPSA) is 80.1 Å². The highest BCUT2D eigenvalue weighted by atomic mass is 32.1. The number of rotatable bonds is 12. The Morgan fingerprint density at radius 1 is 0.900 bits per heavy atom. The second kappa shape index (κ2) is 10.2. The van der Waals surface area contributed by atoms with Crippen LogP contribution < -0.4 is 0 Å². The van der Waals surface area contributed by atoms with Crippen LogP contribution in [0.1, 0.15) is 102 Å². The summed E-state index contributed by atoms with van der Waals surface area (Å²) in [5.74, 6) is 0.614. The van der Waals surface area contributed by atoms with Crippen LogP contribution in [0, 0.1) is 0 Å². The quantitative estimate of drug-likeness (QED) is 0.344. The predicted molar refractivity (Wildman–Crippen MR) is 121 cm³/mol. The number of aromatic nitrogens is 2. The molecule has 0 aliphatic heterocycles. The van der Waals surface area contributed by atoms with E-state index in [0.29, 0.717) is 24.5 Å². The molecule has 7 heteroatoms. The first kappa shape index (κ1) is 21.8. The summed E-state index contributed by atoms with van der Waals surface area (Å²) in [5, 5.41) is 10.7. The molecule has 2 aromatic rings. The van der Waals surface area contributed by atoms with Crippen LogP contribution in [0.25, 0.3) is 10.0 Å². The number of unbranched alkanes of at least 4 members (excludes halogenated alkanes) is 4. The number of carbonyl (C=O) groups is 2. The predicted octanol–water partition coefficient (Wildman–Crippen LogP) is 5.50. The first-order valence-corrected chi connectivity index (χ1v) is 12.9. The third-order valence-corrected chi connectivity index (χ3v) is 8.45. The van der Waals surface area contributed by atoms with Crippen LogP contribution in [0.15, 0.2) is 0 Å². The van der Waals surface area contributed by atoms with Gasteiger partial charge in [0, 0.05) is 22.6 Å². The normalized spacial score (nSPS) is 15.9. The summed E-state index contributed by atoms with van der Waals surface area (Å²) in [4.78, 5) is 36.3. The van der Waals surface area contributed by atoms with Crippen molar-refractivity contribution in [3.05, 3.63) is 21.1 Å². The van der Waals surface area contributed by atoms with Gasteiger partial charge in [0.15, 0.2) is 21.6 Å². The van der Waals surface area contributed by atoms with Gasteiger partial charge in [0.25, 0.3) is 0 Å². The molecule has 0 amide bonds. The van der Waals surface area contributed by atoms with Gasteiger partial charge >= 0.3 is 0 Å². The lowest BCUT2D eigenvalue weighted by molar-refractivity contribution is -0.121. The van der Waals surface area contributed by atoms with Crippen LogP contribution in [0.2, 0.25) is 0 Å². The number of hydrogen-bond acceptors (Lipinski definition) is 7. The SMILES string of the molecule is O=C(CO)CCCCCCCC(=O)c1nc(-c2nc3c(s2)CCCC3)sc1C1CC1. The summed E-state index contributed by atoms with van der Waals surface area (Å²) in [5.41, 5.74) is 1.96. The van der Waals surface area contributed by atoms with Crippen molar-refractivity contribution >= 4 is 34.2 Å². The van der Waals surface area contributed by atoms with E-state index in [1.165, 1.54) is 41.1 Å². The number of nitrogens with zero attached hydrogens (tertiary/aromatic N) is 2. The van der Waals surface area contributed by atoms with Gasteiger partial charge in [-0.1, -0.05) is 19.3 Å². The van der Waals surface area contributed by atoms with Gasteiger partial charge in [0.05, 0.1) is 5.69 Å². The third-order valence-electron chi connectivity index (χ3n) is 5.93. The van der Waals surface area contributed by atoms with Crippen LogP contribution in [-0.2, 0) is 17.6 Å². The maximum atomic E-state index is 12.9. The summed E-state index contributed by atoms with van der Waals surface area (Å²) in [6.45, 7) is -0.350. The minimum atomic E-state index is -0.350. The van der Waals surface area contributed by atoms with Crippen molar-refractivity contribution in [2.45, 2.75) is 89.4 Å². The van der Waals surface area contributed by atoms with Gasteiger partial charge in [-0.25, -0.2) is 9.97 Å². The van der Waals surface area contributed by atoms with E-state index in [1.807, 2.05) is 0 Å². The lowest BCUT2D eigenvalue weighted by Crippen LogP contribution is -2.03. The number of Topliss-reactive ketones (excluding diaryl/α,β-unsaturated/α-hetero) is 2. The Bertz CT molecular complexity index is 875. The minimum Gasteiger partial charge on any atom is -0.389 e. The minimum absolute atomic E-state index is 0.0850. The molecular weight excluding hydrogens is 416 g/mol. The Morgan fingerprint density at radius 3 is 2.33 bits per heavy atom. The first-order valence-electron chi connectivity index (χ1n) is 11.3. The van der Waals surface area contributed by atoms with Crippen molar-refractivity contribution in [3.63, 3.8) is 0 Å². The fourth-order valence-corrected chi connectivity index (χ4v) is 6.45. The average Bonchev–Trinajstić information content (AvgIpc) is 3.35. The lowest BCUT2D eigenvalue weighted by atomic mass is 10.0. The van der Waals surface area contributed by atoms with Gasteiger partial charge < -0.3 is 5.11 Å². The smallest absolute Gasteiger partial charge is 0.182 e. The lowest BCUT2D eigenvalue weighted by Gasteiger charge is -2.06. The van der Waals surface area contributed by atoms with Crippen molar-refractivity contribution in [2.75, 3.05) is 6.61 Å². The Morgan fingerprint density at radius 2 is 1.60 bits per heavy atom. The number of aliphatic hydroxyl groups excluding tert-OH is 1. The third kappa shape index (κ3) is 5.42. The number of hydrogen-bond donors (Lipinski definition) is 1. The fraction of sp³-hybridized carbons (Fsp3) is 0.652. The summed E-state index contributed by atoms with van der Waals surface area (Å²) < 4.78 is 0. The molecule has 2 aliphatic carbocycles. The summed E-state index contributed by atoms with van der Waals surface area (Å²) in [6, 6.07) is 0. The molecule has 0 atom stereocenters. The van der Waals surface area contributed by atoms with Gasteiger partial charge in [-0.3, -0.25) is 9.59 Å². The molecular formula is C23H30N2O3S2. The number of fused-ring (bicyclic) bond motifs is 1. The Kier molecular flexibility index (Phi) is 7.44. The number of carbonyl (C=O) groups excluding carboxylic acids is 2. The molecule has 4 rings (SSSR count). The van der Waals surface area contributed by atoms with Crippen molar-refractivity contribution < 1.29 is 14.7 Å². The van der Waals surface area contributed by atoms with Crippen molar-refractivity contribution in [1.29, 1.82) is 0 Å². The summed E-state index contributed by atoms with van der Waals surface area (Å²) in [6.07, 6.45) is 12.7. The van der Waals surface area contributed by atoms with Gasteiger partial charge in [0.1, 0.15) is 12.3 Å². The monoisotopic (exact) mass is 446 g/mol. The van der Waals surface area contributed by atoms with E-state index < -0.39 is 0 Å². The zero-order chi connectivity index (χ0) is 20.9. The molecule has 2 aromatic heterocycles. The van der Waals surface area contributed by atoms with E-state index in [-0.39, 0.29) is 18.2 Å². The highest BCUT2D eigenvalue weighted by Crippen LogP contribution is 2.47. The molecule has 1 N–H and O–H groups in total. The van der Waals surface area contributed by atoms with Crippen LogP contribution in [-0.4, -0.2) is 33.2 Å². The molecule has 0 aromatic carbocycles. The molecule has 0 saturated heterocycles. The van der Waals surface area contributed by atoms with Gasteiger partial charge in [-0.2, -0.15) is 0 Å². The van der Waals surface area contributed by atoms with E-state index in [2.05, 4.69) is 0 Å². The van der Waals surface area contributed by atoms with Crippen molar-refractivity contribution in [3.8, 4) is 10.0 Å². The van der Waals surface area contributed by atoms with Gasteiger partial charge in [0.2, 0.25) is 0 Å². The number of ketones is 2. The van der Waals surface area contributed by atoms with E-state index in [4.69, 9.17) is 15.1 Å². The second-order valence-corrected chi connectivity index (χ2v) is 10.6. The zero-order valence-electron chi connectivity index (χ0n) is 17.5. The van der Waals surface area contributed by atoms with Crippen LogP contribution in [0.4, 0.5) is 0 Å². The van der Waals surface area contributed by atoms with Crippen molar-refractivity contribution in [2.24, 2.45) is 0 Å². The fourth-order valence-electron chi connectivity index (χ4n) is 4.02. The molecule has 0 bridgehead atoms. The molecule has 1 fully saturated rings. The zero-order valence-corrected chi connectivity index (χ0v) is 19.1. The molecule has 1 saturated carbocycles. The molecule has 2 heterocycles. The maximum Gasteiger partial charge on any atom is 0.182 e. The molecule has 0 unspecified atom stereocenters. The number of aryl methyl sites for hydroxylation is 2. The Balaban J connectivity index is 1.32. The molecule has 0 radical (unpaired) electrons. The summed E-state index contributed by atoms with van der Waals surface area (Å²) in [7, 11) is 0. The van der Waals surface area contributed by atoms with Crippen LogP contribution >= 0.6 is 22.7 Å². The highest BCUT2D eigenvalue weighted by molar-refractivity contribution is 7.21. The molecule has 5 nitrogen and oxygen atoms in total. The largest absolute Gasteiger partial charge is 0.389 e. The number of thiazole rings is 2. The van der Waals surface area contributed by atoms with E-state index in [0.717, 1.165) is 55.0 Å². The number of aliphatic hydroxyl groups is 1. The van der Waals surface area contributed by atoms with E-state index in [1.54, 1.807) is 22.7 Å². The molecule has 2 aliphatic rings. The maximum absolute atomic E-state index is 12.9. The van der Waals surface area contributed by atoms with E-state index in [9.17, 15) is 9.59 Å². The average molecular weight is 447 g/mol. The molecule has 162 valence electrons. The van der Waals surface area contributed by atoms with Crippen LogP contribution in [0.5, 0.6) is 0 Å². The van der Waals surface area contributed by atoms with E-state index >= 15 is 0 Å². The second-order valence-electron chi connectivity index (χ2n) is 8.49. The Hall–Kier alpha value is -1.44.